The average Bonchev–Trinajstić information content (AvgIpc) is 2.46. The van der Waals surface area contributed by atoms with Gasteiger partial charge in [0.05, 0.1) is 13.2 Å². The largest absolute Gasteiger partial charge is 0.485 e. The number of hydrogen-bond acceptors (Lipinski definition) is 5. The highest BCUT2D eigenvalue weighted by atomic mass is 16.6. The van der Waals surface area contributed by atoms with E-state index in [0.717, 1.165) is 0 Å². The molecule has 1 unspecified atom stereocenters. The lowest BCUT2D eigenvalue weighted by Crippen LogP contribution is -2.48. The summed E-state index contributed by atoms with van der Waals surface area (Å²) in [5, 5.41) is 17.8. The van der Waals surface area contributed by atoms with Gasteiger partial charge in [-0.15, -0.1) is 0 Å². The summed E-state index contributed by atoms with van der Waals surface area (Å²) < 4.78 is 11.1. The smallest absolute Gasteiger partial charge is 0.267 e. The normalized spacial score (nSPS) is 17.1. The fourth-order valence-corrected chi connectivity index (χ4v) is 1.92. The third-order valence-electron chi connectivity index (χ3n) is 2.84. The lowest BCUT2D eigenvalue weighted by Gasteiger charge is -2.30. The minimum absolute atomic E-state index is 0.128. The van der Waals surface area contributed by atoms with Gasteiger partial charge in [0, 0.05) is 13.1 Å². The van der Waals surface area contributed by atoms with Crippen LogP contribution in [0.5, 0.6) is 11.5 Å². The van der Waals surface area contributed by atoms with E-state index in [2.05, 4.69) is 0 Å². The van der Waals surface area contributed by atoms with Crippen LogP contribution < -0.4 is 9.47 Å². The Hall–Kier alpha value is -1.79. The van der Waals surface area contributed by atoms with Gasteiger partial charge in [0.1, 0.15) is 6.61 Å². The lowest BCUT2D eigenvalue weighted by molar-refractivity contribution is -0.142. The Labute approximate surface area is 111 Å². The molecule has 1 aliphatic heterocycles. The molecule has 1 atom stereocenters. The number of rotatable bonds is 5. The summed E-state index contributed by atoms with van der Waals surface area (Å²) in [5.41, 5.74) is 0. The van der Waals surface area contributed by atoms with Gasteiger partial charge in [-0.3, -0.25) is 4.79 Å². The van der Waals surface area contributed by atoms with Crippen molar-refractivity contribution in [1.29, 1.82) is 0 Å². The molecule has 6 heteroatoms. The molecule has 0 bridgehead atoms. The molecule has 1 heterocycles. The van der Waals surface area contributed by atoms with Crippen LogP contribution in [0.4, 0.5) is 0 Å². The van der Waals surface area contributed by atoms with E-state index in [-0.39, 0.29) is 38.8 Å². The van der Waals surface area contributed by atoms with E-state index in [0.29, 0.717) is 11.5 Å². The molecule has 1 aromatic carbocycles. The Morgan fingerprint density at radius 2 is 1.84 bits per heavy atom. The first-order chi connectivity index (χ1) is 9.26. The fourth-order valence-electron chi connectivity index (χ4n) is 1.92. The number of nitrogens with zero attached hydrogens (tertiary/aromatic N) is 1. The molecular weight excluding hydrogens is 250 g/mol. The van der Waals surface area contributed by atoms with Gasteiger partial charge in [0.15, 0.2) is 11.5 Å². The number of amides is 1. The maximum Gasteiger partial charge on any atom is 0.267 e. The van der Waals surface area contributed by atoms with Crippen molar-refractivity contribution in [3.8, 4) is 11.5 Å². The Kier molecular flexibility index (Phi) is 4.59. The van der Waals surface area contributed by atoms with Crippen LogP contribution in [-0.4, -0.2) is 60.0 Å². The number of ether oxygens (including phenoxy) is 2. The molecule has 0 aliphatic carbocycles. The van der Waals surface area contributed by atoms with Crippen molar-refractivity contribution in [3.63, 3.8) is 0 Å². The van der Waals surface area contributed by atoms with E-state index < -0.39 is 6.10 Å². The summed E-state index contributed by atoms with van der Waals surface area (Å²) in [6.45, 7) is 0.150. The summed E-state index contributed by atoms with van der Waals surface area (Å²) in [7, 11) is 0. The molecule has 0 spiro atoms. The highest BCUT2D eigenvalue weighted by Gasteiger charge is 2.30. The van der Waals surface area contributed by atoms with Crippen molar-refractivity contribution in [3.05, 3.63) is 24.3 Å². The molecule has 104 valence electrons. The van der Waals surface area contributed by atoms with Gasteiger partial charge in [0.2, 0.25) is 6.10 Å². The Morgan fingerprint density at radius 1 is 1.21 bits per heavy atom. The number of carbonyl (C=O) groups excluding carboxylic acids is 1. The number of carbonyl (C=O) groups is 1. The van der Waals surface area contributed by atoms with Crippen molar-refractivity contribution in [1.82, 2.24) is 4.90 Å². The topological polar surface area (TPSA) is 79.2 Å². The Bertz CT molecular complexity index is 431. The molecule has 2 rings (SSSR count). The van der Waals surface area contributed by atoms with Crippen molar-refractivity contribution in [2.45, 2.75) is 6.10 Å². The second-order valence-electron chi connectivity index (χ2n) is 4.14. The van der Waals surface area contributed by atoms with E-state index in [1.807, 2.05) is 6.07 Å². The van der Waals surface area contributed by atoms with Crippen molar-refractivity contribution in [2.24, 2.45) is 0 Å². The molecule has 0 fully saturated rings. The lowest BCUT2D eigenvalue weighted by atomic mass is 10.2. The first kappa shape index (κ1) is 13.6. The van der Waals surface area contributed by atoms with Gasteiger partial charge in [0.25, 0.3) is 5.91 Å². The molecule has 0 saturated carbocycles. The van der Waals surface area contributed by atoms with Gasteiger partial charge in [-0.05, 0) is 12.1 Å². The van der Waals surface area contributed by atoms with E-state index in [4.69, 9.17) is 19.7 Å². The van der Waals surface area contributed by atoms with Crippen LogP contribution in [0.2, 0.25) is 0 Å². The molecule has 1 aliphatic rings. The molecule has 6 nitrogen and oxygen atoms in total. The van der Waals surface area contributed by atoms with Crippen LogP contribution in [0.15, 0.2) is 24.3 Å². The van der Waals surface area contributed by atoms with Crippen LogP contribution in [0.3, 0.4) is 0 Å². The van der Waals surface area contributed by atoms with Crippen molar-refractivity contribution >= 4 is 5.91 Å². The van der Waals surface area contributed by atoms with Crippen molar-refractivity contribution < 1.29 is 24.5 Å². The second kappa shape index (κ2) is 6.40. The summed E-state index contributed by atoms with van der Waals surface area (Å²) in [6.07, 6.45) is -0.743. The zero-order valence-electron chi connectivity index (χ0n) is 10.5. The van der Waals surface area contributed by atoms with Gasteiger partial charge in [-0.1, -0.05) is 12.1 Å². The first-order valence-electron chi connectivity index (χ1n) is 6.15. The predicted octanol–water partition coefficient (Wildman–Crippen LogP) is -0.360. The van der Waals surface area contributed by atoms with Crippen LogP contribution in [0.1, 0.15) is 0 Å². The predicted molar refractivity (Wildman–Crippen MR) is 67.1 cm³/mol. The number of aliphatic hydroxyl groups excluding tert-OH is 2. The minimum atomic E-state index is -0.743. The molecule has 0 radical (unpaired) electrons. The van der Waals surface area contributed by atoms with E-state index in [1.54, 1.807) is 18.2 Å². The standard InChI is InChI=1S/C13H17NO5/c15-7-5-14(6-8-16)13(17)12-9-18-10-3-1-2-4-11(10)19-12/h1-4,12,15-16H,5-9H2. The van der Waals surface area contributed by atoms with E-state index in [1.165, 1.54) is 4.90 Å². The Balaban J connectivity index is 2.04. The zero-order chi connectivity index (χ0) is 13.7. The first-order valence-corrected chi connectivity index (χ1v) is 6.15. The summed E-state index contributed by atoms with van der Waals surface area (Å²) in [4.78, 5) is 13.5. The number of fused-ring (bicyclic) bond motifs is 1. The third kappa shape index (κ3) is 3.15. The molecule has 0 saturated heterocycles. The molecule has 0 aromatic heterocycles. The minimum Gasteiger partial charge on any atom is -0.485 e. The van der Waals surface area contributed by atoms with Crippen LogP contribution in [0.25, 0.3) is 0 Å². The molecule has 19 heavy (non-hydrogen) atoms. The van der Waals surface area contributed by atoms with Gasteiger partial charge >= 0.3 is 0 Å². The quantitative estimate of drug-likeness (QED) is 0.761. The number of aliphatic hydroxyl groups is 2. The monoisotopic (exact) mass is 267 g/mol. The highest BCUT2D eigenvalue weighted by molar-refractivity contribution is 5.82. The van der Waals surface area contributed by atoms with Crippen LogP contribution >= 0.6 is 0 Å². The zero-order valence-corrected chi connectivity index (χ0v) is 10.5. The second-order valence-corrected chi connectivity index (χ2v) is 4.14. The van der Waals surface area contributed by atoms with Gasteiger partial charge in [-0.2, -0.15) is 0 Å². The number of benzene rings is 1. The fraction of sp³-hybridized carbons (Fsp3) is 0.462. The molecule has 1 aromatic rings. The summed E-state index contributed by atoms with van der Waals surface area (Å²) in [5.74, 6) is 0.847. The van der Waals surface area contributed by atoms with Crippen LogP contribution in [0, 0.1) is 0 Å². The maximum absolute atomic E-state index is 12.2. The Morgan fingerprint density at radius 3 is 2.47 bits per heavy atom. The number of para-hydroxylation sites is 2. The SMILES string of the molecule is O=C(C1COc2ccccc2O1)N(CCO)CCO. The van der Waals surface area contributed by atoms with Crippen molar-refractivity contribution in [2.75, 3.05) is 32.9 Å². The molecule has 2 N–H and O–H groups in total. The molecule has 1 amide bonds. The van der Waals surface area contributed by atoms with E-state index >= 15 is 0 Å². The number of hydrogen-bond donors (Lipinski definition) is 2. The highest BCUT2D eigenvalue weighted by Crippen LogP contribution is 2.31. The maximum atomic E-state index is 12.2. The van der Waals surface area contributed by atoms with Gasteiger partial charge < -0.3 is 24.6 Å². The third-order valence-corrected chi connectivity index (χ3v) is 2.84. The summed E-state index contributed by atoms with van der Waals surface area (Å²) >= 11 is 0. The van der Waals surface area contributed by atoms with Crippen LogP contribution in [-0.2, 0) is 4.79 Å². The van der Waals surface area contributed by atoms with Gasteiger partial charge in [-0.25, -0.2) is 0 Å². The average molecular weight is 267 g/mol. The molecular formula is C13H17NO5. The van der Waals surface area contributed by atoms with E-state index in [9.17, 15) is 4.79 Å². The summed E-state index contributed by atoms with van der Waals surface area (Å²) in [6, 6.07) is 7.13.